The molecule has 0 bridgehead atoms. The number of ether oxygens (including phenoxy) is 4. The highest BCUT2D eigenvalue weighted by Gasteiger charge is 2.84. The van der Waals surface area contributed by atoms with Crippen molar-refractivity contribution in [1.82, 2.24) is 14.7 Å². The van der Waals surface area contributed by atoms with E-state index in [9.17, 15) is 9.90 Å². The van der Waals surface area contributed by atoms with Gasteiger partial charge in [0.2, 0.25) is 0 Å². The quantitative estimate of drug-likeness (QED) is 0.329. The molecule has 9 rings (SSSR count). The Kier molecular flexibility index (Phi) is 8.82. The maximum atomic E-state index is 13.0. The van der Waals surface area contributed by atoms with Crippen molar-refractivity contribution in [3.05, 3.63) is 0 Å². The number of morpholine rings is 1. The summed E-state index contributed by atoms with van der Waals surface area (Å²) in [6, 6.07) is 0. The minimum absolute atomic E-state index is 0.0184. The number of fused-ring (bicyclic) bond motifs is 4. The zero-order valence-electron chi connectivity index (χ0n) is 33.8. The van der Waals surface area contributed by atoms with Crippen LogP contribution >= 0.6 is 0 Å². The molecule has 5 aliphatic carbocycles. The molecule has 4 heterocycles. The van der Waals surface area contributed by atoms with E-state index in [-0.39, 0.29) is 59.0 Å². The molecule has 0 aromatic heterocycles. The minimum atomic E-state index is -0.512. The van der Waals surface area contributed by atoms with E-state index in [0.717, 1.165) is 64.5 Å². The van der Waals surface area contributed by atoms with Gasteiger partial charge in [0.05, 0.1) is 31.0 Å². The van der Waals surface area contributed by atoms with Crippen LogP contribution in [0.2, 0.25) is 0 Å². The van der Waals surface area contributed by atoms with E-state index in [1.54, 1.807) is 4.90 Å². The molecule has 1 N–H and O–H groups in total. The summed E-state index contributed by atoms with van der Waals surface area (Å²) in [5.41, 5.74) is 0.570. The van der Waals surface area contributed by atoms with Gasteiger partial charge in [0.25, 0.3) is 0 Å². The maximum absolute atomic E-state index is 13.0. The lowest BCUT2D eigenvalue weighted by atomic mass is 9.41. The molecule has 0 radical (unpaired) electrons. The van der Waals surface area contributed by atoms with Gasteiger partial charge in [-0.15, -0.1) is 0 Å². The summed E-state index contributed by atoms with van der Waals surface area (Å²) in [5.74, 6) is 2.79. The van der Waals surface area contributed by atoms with E-state index in [0.29, 0.717) is 34.5 Å². The third kappa shape index (κ3) is 5.09. The fraction of sp³-hybridized carbons (Fsp3) is 0.977. The Morgan fingerprint density at radius 2 is 1.69 bits per heavy atom. The van der Waals surface area contributed by atoms with Gasteiger partial charge in [0.1, 0.15) is 6.10 Å². The summed E-state index contributed by atoms with van der Waals surface area (Å²) >= 11 is 0. The van der Waals surface area contributed by atoms with Gasteiger partial charge in [-0.2, -0.15) is 0 Å². The molecule has 14 atom stereocenters. The van der Waals surface area contributed by atoms with Crippen molar-refractivity contribution >= 4 is 6.09 Å². The van der Waals surface area contributed by atoms with Crippen molar-refractivity contribution < 1.29 is 28.8 Å². The molecule has 4 aliphatic heterocycles. The molecule has 9 fully saturated rings. The molecule has 9 aliphatic rings. The summed E-state index contributed by atoms with van der Waals surface area (Å²) < 4.78 is 26.6. The van der Waals surface area contributed by atoms with Crippen LogP contribution in [-0.2, 0) is 18.9 Å². The Bertz CT molecular complexity index is 1380. The first-order chi connectivity index (χ1) is 24.6. The van der Waals surface area contributed by atoms with E-state index in [2.05, 4.69) is 65.3 Å². The highest BCUT2D eigenvalue weighted by molar-refractivity contribution is 5.68. The number of aliphatic hydroxyl groups excluding tert-OH is 1. The van der Waals surface area contributed by atoms with Crippen LogP contribution in [0.3, 0.4) is 0 Å². The highest BCUT2D eigenvalue weighted by atomic mass is 16.7. The first-order valence-corrected chi connectivity index (χ1v) is 21.6. The van der Waals surface area contributed by atoms with Crippen molar-refractivity contribution in [3.8, 4) is 0 Å². The number of rotatable bonds is 7. The largest absolute Gasteiger partial charge is 0.443 e. The lowest BCUT2D eigenvalue weighted by Gasteiger charge is -2.64. The Labute approximate surface area is 314 Å². The monoisotopic (exact) mass is 726 g/mol. The topological polar surface area (TPSA) is 83.9 Å². The third-order valence-corrected chi connectivity index (χ3v) is 18.2. The second-order valence-corrected chi connectivity index (χ2v) is 21.3. The number of carbonyl (C=O) groups is 1. The van der Waals surface area contributed by atoms with Crippen LogP contribution in [0.25, 0.3) is 0 Å². The smallest absolute Gasteiger partial charge is 0.410 e. The summed E-state index contributed by atoms with van der Waals surface area (Å²) in [6.45, 7) is 24.6. The van der Waals surface area contributed by atoms with Gasteiger partial charge in [-0.25, -0.2) is 4.79 Å². The molecule has 52 heavy (non-hydrogen) atoms. The summed E-state index contributed by atoms with van der Waals surface area (Å²) in [7, 11) is 2.22. The minimum Gasteiger partial charge on any atom is -0.443 e. The molecule has 1 amide bonds. The number of hydrogen-bond donors (Lipinski definition) is 1. The Morgan fingerprint density at radius 3 is 2.38 bits per heavy atom. The van der Waals surface area contributed by atoms with Crippen LogP contribution in [0, 0.1) is 62.6 Å². The molecule has 2 spiro atoms. The van der Waals surface area contributed by atoms with Gasteiger partial charge < -0.3 is 33.9 Å². The average Bonchev–Trinajstić information content (AvgIpc) is 3.68. The summed E-state index contributed by atoms with van der Waals surface area (Å²) in [5, 5.41) is 12.7. The van der Waals surface area contributed by atoms with Crippen LogP contribution in [0.15, 0.2) is 0 Å². The number of carbonyl (C=O) groups excluding carboxylic acids is 1. The SMILES string of the molecule is CC(C)C(OC(=O)N1CCC1)C1CC(C)C2C(O1)C(O)C1(C)C3CCC4C(C)(C)C(OC5CN(CC6CN(C)C6)CCO5)CCC45CC35CCC21C. The fourth-order valence-electron chi connectivity index (χ4n) is 15.5. The van der Waals surface area contributed by atoms with E-state index >= 15 is 0 Å². The van der Waals surface area contributed by atoms with Gasteiger partial charge in [-0.05, 0) is 122 Å². The van der Waals surface area contributed by atoms with Gasteiger partial charge in [0.15, 0.2) is 6.29 Å². The zero-order valence-corrected chi connectivity index (χ0v) is 33.8. The van der Waals surface area contributed by atoms with Crippen LogP contribution in [0.5, 0.6) is 0 Å². The lowest BCUT2D eigenvalue weighted by Crippen LogP contribution is -2.60. The molecular formula is C43H71N3O6. The van der Waals surface area contributed by atoms with Crippen molar-refractivity contribution in [1.29, 1.82) is 0 Å². The van der Waals surface area contributed by atoms with E-state index in [1.807, 2.05) is 0 Å². The van der Waals surface area contributed by atoms with E-state index in [4.69, 9.17) is 18.9 Å². The molecule has 0 aromatic rings. The number of likely N-dealkylation sites (tertiary alicyclic amines) is 2. The average molecular weight is 726 g/mol. The van der Waals surface area contributed by atoms with Crippen molar-refractivity contribution in [2.75, 3.05) is 59.5 Å². The van der Waals surface area contributed by atoms with Crippen LogP contribution in [0.1, 0.15) is 106 Å². The van der Waals surface area contributed by atoms with Crippen molar-refractivity contribution in [3.63, 3.8) is 0 Å². The zero-order chi connectivity index (χ0) is 36.6. The van der Waals surface area contributed by atoms with Crippen LogP contribution < -0.4 is 0 Å². The van der Waals surface area contributed by atoms with Crippen LogP contribution in [-0.4, -0.2) is 122 Å². The molecule has 0 aromatic carbocycles. The molecular weight excluding hydrogens is 654 g/mol. The molecule has 9 heteroatoms. The normalized spacial score (nSPS) is 50.5. The number of aliphatic hydroxyl groups is 1. The Hall–Kier alpha value is -0.970. The van der Waals surface area contributed by atoms with Gasteiger partial charge >= 0.3 is 6.09 Å². The summed E-state index contributed by atoms with van der Waals surface area (Å²) in [6.07, 6.45) is 9.17. The molecule has 294 valence electrons. The third-order valence-electron chi connectivity index (χ3n) is 18.2. The van der Waals surface area contributed by atoms with Crippen LogP contribution in [0.4, 0.5) is 4.79 Å². The fourth-order valence-corrected chi connectivity index (χ4v) is 15.5. The predicted octanol–water partition coefficient (Wildman–Crippen LogP) is 6.27. The second-order valence-electron chi connectivity index (χ2n) is 21.3. The number of amides is 1. The molecule has 9 nitrogen and oxygen atoms in total. The lowest BCUT2D eigenvalue weighted by molar-refractivity contribution is -0.249. The highest BCUT2D eigenvalue weighted by Crippen LogP contribution is 2.89. The summed E-state index contributed by atoms with van der Waals surface area (Å²) in [4.78, 5) is 19.8. The number of nitrogens with zero attached hydrogens (tertiary/aromatic N) is 3. The van der Waals surface area contributed by atoms with Crippen molar-refractivity contribution in [2.45, 2.75) is 143 Å². The van der Waals surface area contributed by atoms with E-state index in [1.165, 1.54) is 51.6 Å². The molecule has 4 saturated heterocycles. The van der Waals surface area contributed by atoms with Gasteiger partial charge in [0, 0.05) is 51.2 Å². The standard InChI is InChI=1S/C43H71N3O6/c1-26(2)35(52-38(48)46-16-9-17-46)29-20-27(3)34-36(50-29)37(47)41(7)31-11-10-30-39(4,5)32(12-13-42(30)25-43(31,42)15-14-40(34,41)6)51-33-24-45(18-19-49-33)23-28-21-44(8)22-28/h26-37,47H,9-25H2,1-8H3. The first-order valence-electron chi connectivity index (χ1n) is 21.6. The van der Waals surface area contributed by atoms with Gasteiger partial charge in [-0.1, -0.05) is 48.5 Å². The first kappa shape index (κ1) is 36.7. The van der Waals surface area contributed by atoms with Crippen molar-refractivity contribution in [2.24, 2.45) is 62.6 Å². The molecule has 14 unspecified atom stereocenters. The molecule has 5 saturated carbocycles. The van der Waals surface area contributed by atoms with Gasteiger partial charge in [-0.3, -0.25) is 4.90 Å². The number of hydrogen-bond acceptors (Lipinski definition) is 8. The predicted molar refractivity (Wildman–Crippen MR) is 199 cm³/mol. The Morgan fingerprint density at radius 1 is 0.962 bits per heavy atom. The second kappa shape index (κ2) is 12.5. The Balaban J connectivity index is 0.912. The maximum Gasteiger partial charge on any atom is 0.410 e. The van der Waals surface area contributed by atoms with E-state index < -0.39 is 6.10 Å².